The minimum Gasteiger partial charge on any atom is -0.370 e. The van der Waals surface area contributed by atoms with Crippen LogP contribution in [0.25, 0.3) is 0 Å². The van der Waals surface area contributed by atoms with Crippen molar-refractivity contribution in [2.75, 3.05) is 26.2 Å². The molecule has 1 saturated heterocycles. The van der Waals surface area contributed by atoms with Gasteiger partial charge in [0.1, 0.15) is 0 Å². The molecule has 1 fully saturated rings. The zero-order valence-electron chi connectivity index (χ0n) is 11.2. The molecular formula is C14H23IN4. The van der Waals surface area contributed by atoms with E-state index >= 15 is 0 Å². The second-order valence-corrected chi connectivity index (χ2v) is 4.96. The molecule has 5 heteroatoms. The highest BCUT2D eigenvalue weighted by Crippen LogP contribution is 2.16. The molecule has 1 aromatic rings. The predicted octanol–water partition coefficient (Wildman–Crippen LogP) is 1.44. The quantitative estimate of drug-likeness (QED) is 0.466. The molecule has 0 saturated carbocycles. The lowest BCUT2D eigenvalue weighted by Gasteiger charge is -2.15. The minimum absolute atomic E-state index is 0. The first-order valence-corrected chi connectivity index (χ1v) is 6.55. The fourth-order valence-corrected chi connectivity index (χ4v) is 2.43. The van der Waals surface area contributed by atoms with Crippen molar-refractivity contribution in [3.63, 3.8) is 0 Å². The van der Waals surface area contributed by atoms with E-state index in [9.17, 15) is 0 Å². The highest BCUT2D eigenvalue weighted by Gasteiger charge is 2.21. The average Bonchev–Trinajstić information content (AvgIpc) is 2.83. The van der Waals surface area contributed by atoms with Gasteiger partial charge in [0.25, 0.3) is 0 Å². The van der Waals surface area contributed by atoms with Crippen LogP contribution in [0.15, 0.2) is 35.3 Å². The molecule has 1 heterocycles. The number of likely N-dealkylation sites (tertiary alicyclic amines) is 1. The third kappa shape index (κ3) is 5.78. The van der Waals surface area contributed by atoms with Crippen molar-refractivity contribution in [2.45, 2.75) is 12.8 Å². The maximum absolute atomic E-state index is 5.35. The lowest BCUT2D eigenvalue weighted by atomic mass is 10.1. The molecule has 19 heavy (non-hydrogen) atoms. The molecule has 0 bridgehead atoms. The zero-order chi connectivity index (χ0) is 12.8. The molecule has 0 aromatic heterocycles. The summed E-state index contributed by atoms with van der Waals surface area (Å²) >= 11 is 0. The topological polar surface area (TPSA) is 67.6 Å². The monoisotopic (exact) mass is 374 g/mol. The average molecular weight is 374 g/mol. The molecule has 4 N–H and O–H groups in total. The van der Waals surface area contributed by atoms with Crippen LogP contribution in [-0.4, -0.2) is 37.0 Å². The van der Waals surface area contributed by atoms with Gasteiger partial charge in [-0.15, -0.1) is 24.0 Å². The van der Waals surface area contributed by atoms with E-state index in [1.54, 1.807) is 0 Å². The van der Waals surface area contributed by atoms with Gasteiger partial charge in [0.05, 0.1) is 0 Å². The third-order valence-electron chi connectivity index (χ3n) is 3.46. The van der Waals surface area contributed by atoms with Crippen molar-refractivity contribution in [3.05, 3.63) is 35.9 Å². The normalized spacial score (nSPS) is 18.8. The molecule has 106 valence electrons. The summed E-state index contributed by atoms with van der Waals surface area (Å²) in [6, 6.07) is 10.6. The summed E-state index contributed by atoms with van der Waals surface area (Å²) in [4.78, 5) is 6.60. The van der Waals surface area contributed by atoms with Gasteiger partial charge in [-0.1, -0.05) is 30.3 Å². The van der Waals surface area contributed by atoms with Crippen molar-refractivity contribution < 1.29 is 0 Å². The summed E-state index contributed by atoms with van der Waals surface area (Å²) < 4.78 is 0. The predicted molar refractivity (Wildman–Crippen MR) is 90.8 cm³/mol. The van der Waals surface area contributed by atoms with Crippen molar-refractivity contribution in [3.8, 4) is 0 Å². The van der Waals surface area contributed by atoms with Crippen LogP contribution in [0.1, 0.15) is 12.0 Å². The Balaban J connectivity index is 0.00000180. The number of hydrogen-bond acceptors (Lipinski definition) is 2. The number of rotatable bonds is 5. The number of nitrogens with zero attached hydrogens (tertiary/aromatic N) is 2. The highest BCUT2D eigenvalue weighted by atomic mass is 127. The summed E-state index contributed by atoms with van der Waals surface area (Å²) in [7, 11) is 0. The van der Waals surface area contributed by atoms with E-state index in [1.165, 1.54) is 12.0 Å². The van der Waals surface area contributed by atoms with Crippen LogP contribution in [-0.2, 0) is 6.42 Å². The van der Waals surface area contributed by atoms with E-state index in [0.717, 1.165) is 32.6 Å². The summed E-state index contributed by atoms with van der Waals surface area (Å²) in [6.45, 7) is 4.17. The molecular weight excluding hydrogens is 351 g/mol. The lowest BCUT2D eigenvalue weighted by Crippen LogP contribution is -2.26. The van der Waals surface area contributed by atoms with Gasteiger partial charge in [-0.05, 0) is 30.9 Å². The van der Waals surface area contributed by atoms with E-state index < -0.39 is 0 Å². The maximum Gasteiger partial charge on any atom is 0.185 e. The summed E-state index contributed by atoms with van der Waals surface area (Å²) in [5.41, 5.74) is 12.1. The van der Waals surface area contributed by atoms with Crippen LogP contribution < -0.4 is 11.5 Å². The first-order valence-electron chi connectivity index (χ1n) is 6.55. The fourth-order valence-electron chi connectivity index (χ4n) is 2.43. The van der Waals surface area contributed by atoms with Gasteiger partial charge in [0.15, 0.2) is 5.96 Å². The van der Waals surface area contributed by atoms with E-state index in [4.69, 9.17) is 11.5 Å². The number of benzene rings is 1. The largest absolute Gasteiger partial charge is 0.370 e. The minimum atomic E-state index is 0. The van der Waals surface area contributed by atoms with Crippen LogP contribution >= 0.6 is 24.0 Å². The number of aliphatic imine (C=N–C) groups is 1. The molecule has 2 rings (SSSR count). The zero-order valence-corrected chi connectivity index (χ0v) is 13.5. The van der Waals surface area contributed by atoms with Crippen LogP contribution in [0.2, 0.25) is 0 Å². The Morgan fingerprint density at radius 1 is 1.26 bits per heavy atom. The van der Waals surface area contributed by atoms with Gasteiger partial charge in [-0.2, -0.15) is 0 Å². The van der Waals surface area contributed by atoms with Crippen LogP contribution in [0, 0.1) is 5.92 Å². The fraction of sp³-hybridized carbons (Fsp3) is 0.500. The van der Waals surface area contributed by atoms with Crippen LogP contribution in [0.5, 0.6) is 0 Å². The first kappa shape index (κ1) is 16.2. The second kappa shape index (κ2) is 8.37. The summed E-state index contributed by atoms with van der Waals surface area (Å²) in [5, 5.41) is 0. The van der Waals surface area contributed by atoms with Crippen LogP contribution in [0.4, 0.5) is 0 Å². The van der Waals surface area contributed by atoms with E-state index in [0.29, 0.717) is 5.92 Å². The Labute approximate surface area is 132 Å². The van der Waals surface area contributed by atoms with Crippen molar-refractivity contribution in [2.24, 2.45) is 22.4 Å². The smallest absolute Gasteiger partial charge is 0.185 e. The van der Waals surface area contributed by atoms with Gasteiger partial charge in [-0.3, -0.25) is 4.99 Å². The Morgan fingerprint density at radius 2 is 2.00 bits per heavy atom. The molecule has 1 aliphatic rings. The Bertz CT molecular complexity index is 390. The van der Waals surface area contributed by atoms with Crippen molar-refractivity contribution >= 4 is 29.9 Å². The Kier molecular flexibility index (Phi) is 7.15. The molecule has 1 aliphatic heterocycles. The van der Waals surface area contributed by atoms with E-state index in [-0.39, 0.29) is 29.9 Å². The lowest BCUT2D eigenvalue weighted by molar-refractivity contribution is 0.330. The maximum atomic E-state index is 5.35. The summed E-state index contributed by atoms with van der Waals surface area (Å²) in [5.74, 6) is 0.820. The highest BCUT2D eigenvalue weighted by molar-refractivity contribution is 14.0. The molecule has 0 amide bonds. The molecule has 0 aliphatic carbocycles. The third-order valence-corrected chi connectivity index (χ3v) is 3.46. The van der Waals surface area contributed by atoms with Gasteiger partial charge >= 0.3 is 0 Å². The number of guanidine groups is 1. The van der Waals surface area contributed by atoms with E-state index in [2.05, 4.69) is 40.2 Å². The molecule has 0 spiro atoms. The number of nitrogens with two attached hydrogens (primary N) is 2. The van der Waals surface area contributed by atoms with E-state index in [1.807, 2.05) is 0 Å². The van der Waals surface area contributed by atoms with Gasteiger partial charge < -0.3 is 16.4 Å². The standard InChI is InChI=1S/C14H22N4.HI/c15-14(16)17-10-13-7-9-18(11-13)8-6-12-4-2-1-3-5-12;/h1-5,13H,6-11H2,(H4,15,16,17);1H. The molecule has 0 radical (unpaired) electrons. The molecule has 1 unspecified atom stereocenters. The second-order valence-electron chi connectivity index (χ2n) is 4.96. The Hall–Kier alpha value is -0.820. The van der Waals surface area contributed by atoms with Crippen LogP contribution in [0.3, 0.4) is 0 Å². The first-order chi connectivity index (χ1) is 8.74. The number of halogens is 1. The van der Waals surface area contributed by atoms with Gasteiger partial charge in [0.2, 0.25) is 0 Å². The molecule has 1 aromatic carbocycles. The SMILES string of the molecule is I.NC(N)=NCC1CCN(CCc2ccccc2)C1. The molecule has 1 atom stereocenters. The van der Waals surface area contributed by atoms with Gasteiger partial charge in [0, 0.05) is 19.6 Å². The van der Waals surface area contributed by atoms with Crippen molar-refractivity contribution in [1.29, 1.82) is 0 Å². The number of hydrogen-bond donors (Lipinski definition) is 2. The Morgan fingerprint density at radius 3 is 2.68 bits per heavy atom. The van der Waals surface area contributed by atoms with Crippen molar-refractivity contribution in [1.82, 2.24) is 4.90 Å². The molecule has 4 nitrogen and oxygen atoms in total. The van der Waals surface area contributed by atoms with Gasteiger partial charge in [-0.25, -0.2) is 0 Å². The summed E-state index contributed by atoms with van der Waals surface area (Å²) in [6.07, 6.45) is 2.32.